The first-order valence-corrected chi connectivity index (χ1v) is 9.09. The number of amides is 2. The molecule has 8 heteroatoms. The van der Waals surface area contributed by atoms with Crippen LogP contribution in [0.1, 0.15) is 21.6 Å². The van der Waals surface area contributed by atoms with Crippen molar-refractivity contribution in [1.82, 2.24) is 9.88 Å². The van der Waals surface area contributed by atoms with Gasteiger partial charge in [0.15, 0.2) is 5.13 Å². The molecular formula is C18H22N4O3S. The molecule has 0 radical (unpaired) electrons. The Morgan fingerprint density at radius 3 is 2.65 bits per heavy atom. The molecule has 1 aromatic heterocycles. The number of hydrogen-bond donors (Lipinski definition) is 1. The van der Waals surface area contributed by atoms with Crippen molar-refractivity contribution >= 4 is 28.3 Å². The lowest BCUT2D eigenvalue weighted by atomic mass is 10.0. The molecule has 0 bridgehead atoms. The number of aryl methyl sites for hydroxylation is 2. The van der Waals surface area contributed by atoms with E-state index in [1.807, 2.05) is 51.0 Å². The third kappa shape index (κ3) is 3.30. The Morgan fingerprint density at radius 1 is 1.31 bits per heavy atom. The van der Waals surface area contributed by atoms with Crippen molar-refractivity contribution in [2.24, 2.45) is 5.73 Å². The Balaban J connectivity index is 2.07. The van der Waals surface area contributed by atoms with Crippen molar-refractivity contribution in [3.63, 3.8) is 0 Å². The topological polar surface area (TPSA) is 88.8 Å². The highest BCUT2D eigenvalue weighted by Crippen LogP contribution is 2.36. The lowest BCUT2D eigenvalue weighted by Crippen LogP contribution is -2.44. The van der Waals surface area contributed by atoms with Gasteiger partial charge in [0.1, 0.15) is 5.69 Å². The molecule has 2 aromatic rings. The lowest BCUT2D eigenvalue weighted by molar-refractivity contribution is -0.131. The van der Waals surface area contributed by atoms with Gasteiger partial charge in [0.05, 0.1) is 11.5 Å². The smallest absolute Gasteiger partial charge is 0.276 e. The Labute approximate surface area is 156 Å². The highest BCUT2D eigenvalue weighted by atomic mass is 32.1. The van der Waals surface area contributed by atoms with Crippen LogP contribution in [0.15, 0.2) is 18.2 Å². The number of carbonyl (C=O) groups excluding carboxylic acids is 2. The van der Waals surface area contributed by atoms with Crippen molar-refractivity contribution in [2.45, 2.75) is 20.1 Å². The first-order chi connectivity index (χ1) is 12.3. The molecule has 1 unspecified atom stereocenters. The number of primary amides is 1. The highest BCUT2D eigenvalue weighted by molar-refractivity contribution is 7.19. The van der Waals surface area contributed by atoms with Crippen LogP contribution in [-0.4, -0.2) is 55.2 Å². The molecule has 26 heavy (non-hydrogen) atoms. The molecule has 2 amide bonds. The molecule has 7 nitrogen and oxygen atoms in total. The maximum atomic E-state index is 13.1. The summed E-state index contributed by atoms with van der Waals surface area (Å²) in [4.78, 5) is 33.2. The Hall–Kier alpha value is -2.45. The molecule has 0 saturated carbocycles. The minimum atomic E-state index is -1.04. The highest BCUT2D eigenvalue weighted by Gasteiger charge is 2.36. The molecule has 1 aromatic carbocycles. The van der Waals surface area contributed by atoms with Crippen LogP contribution in [0, 0.1) is 13.8 Å². The number of nitrogens with zero attached hydrogens (tertiary/aromatic N) is 3. The van der Waals surface area contributed by atoms with Crippen LogP contribution in [0.2, 0.25) is 0 Å². The van der Waals surface area contributed by atoms with Crippen LogP contribution in [0.5, 0.6) is 0 Å². The summed E-state index contributed by atoms with van der Waals surface area (Å²) in [5.41, 5.74) is 8.93. The Morgan fingerprint density at radius 2 is 2.04 bits per heavy atom. The minimum Gasteiger partial charge on any atom is -0.366 e. The van der Waals surface area contributed by atoms with E-state index in [-0.39, 0.29) is 12.5 Å². The first kappa shape index (κ1) is 18.3. The average Bonchev–Trinajstić information content (AvgIpc) is 3.23. The minimum absolute atomic E-state index is 0.281. The fourth-order valence-corrected chi connectivity index (χ4v) is 3.75. The summed E-state index contributed by atoms with van der Waals surface area (Å²) in [6.45, 7) is 4.67. The van der Waals surface area contributed by atoms with Crippen LogP contribution in [0.4, 0.5) is 5.13 Å². The molecule has 1 atom stereocenters. The molecular weight excluding hydrogens is 352 g/mol. The van der Waals surface area contributed by atoms with E-state index in [0.29, 0.717) is 12.2 Å². The quantitative estimate of drug-likeness (QED) is 0.881. The van der Waals surface area contributed by atoms with E-state index < -0.39 is 12.1 Å². The van der Waals surface area contributed by atoms with Gasteiger partial charge in [-0.05, 0) is 30.5 Å². The van der Waals surface area contributed by atoms with Gasteiger partial charge >= 0.3 is 0 Å². The van der Waals surface area contributed by atoms with E-state index in [2.05, 4.69) is 4.98 Å². The number of nitrogens with two attached hydrogens (primary N) is 1. The Bertz CT molecular complexity index is 862. The summed E-state index contributed by atoms with van der Waals surface area (Å²) in [5.74, 6) is -1.02. The standard InChI is InChI=1S/C18H22N4O3S/c1-10-5-6-12(9-11(10)2)14-13(20-18(26-14)21(3)4)16(24)22-7-8-25-17(22)15(19)23/h5-6,9,17H,7-8H2,1-4H3,(H2,19,23). The van der Waals surface area contributed by atoms with Crippen molar-refractivity contribution in [3.05, 3.63) is 35.0 Å². The number of ether oxygens (including phenoxy) is 1. The van der Waals surface area contributed by atoms with Crippen LogP contribution in [0.25, 0.3) is 10.4 Å². The van der Waals surface area contributed by atoms with Gasteiger partial charge in [-0.1, -0.05) is 29.5 Å². The fourth-order valence-electron chi connectivity index (χ4n) is 2.77. The normalized spacial score (nSPS) is 16.8. The van der Waals surface area contributed by atoms with E-state index in [1.54, 1.807) is 0 Å². The number of carbonyl (C=O) groups is 2. The molecule has 1 aliphatic rings. The third-order valence-electron chi connectivity index (χ3n) is 4.37. The number of anilines is 1. The zero-order valence-corrected chi connectivity index (χ0v) is 16.1. The predicted octanol–water partition coefficient (Wildman–Crippen LogP) is 1.78. The molecule has 3 rings (SSSR count). The largest absolute Gasteiger partial charge is 0.366 e. The van der Waals surface area contributed by atoms with Crippen molar-refractivity contribution in [1.29, 1.82) is 0 Å². The van der Waals surface area contributed by atoms with E-state index in [4.69, 9.17) is 10.5 Å². The lowest BCUT2D eigenvalue weighted by Gasteiger charge is -2.20. The zero-order valence-electron chi connectivity index (χ0n) is 15.3. The number of thiazole rings is 1. The van der Waals surface area contributed by atoms with Gasteiger partial charge in [-0.2, -0.15) is 0 Å². The maximum Gasteiger partial charge on any atom is 0.276 e. The Kier molecular flexibility index (Phi) is 4.97. The second-order valence-corrected chi connectivity index (χ2v) is 7.47. The van der Waals surface area contributed by atoms with Crippen LogP contribution >= 0.6 is 11.3 Å². The summed E-state index contributed by atoms with van der Waals surface area (Å²) in [6.07, 6.45) is -1.04. The molecule has 0 aliphatic carbocycles. The second kappa shape index (κ2) is 7.05. The molecule has 1 saturated heterocycles. The number of benzene rings is 1. The fraction of sp³-hybridized carbons (Fsp3) is 0.389. The summed E-state index contributed by atoms with van der Waals surface area (Å²) >= 11 is 1.44. The predicted molar refractivity (Wildman–Crippen MR) is 101 cm³/mol. The monoisotopic (exact) mass is 374 g/mol. The molecule has 1 aliphatic heterocycles. The SMILES string of the molecule is Cc1ccc(-c2sc(N(C)C)nc2C(=O)N2CCOC2C(N)=O)cc1C. The molecule has 2 N–H and O–H groups in total. The first-order valence-electron chi connectivity index (χ1n) is 8.27. The van der Waals surface area contributed by atoms with E-state index >= 15 is 0 Å². The van der Waals surface area contributed by atoms with Gasteiger partial charge in [0.2, 0.25) is 6.23 Å². The van der Waals surface area contributed by atoms with E-state index in [0.717, 1.165) is 21.1 Å². The number of rotatable bonds is 4. The summed E-state index contributed by atoms with van der Waals surface area (Å²) in [5, 5.41) is 0.720. The van der Waals surface area contributed by atoms with Crippen molar-refractivity contribution in [2.75, 3.05) is 32.1 Å². The molecule has 138 valence electrons. The summed E-state index contributed by atoms with van der Waals surface area (Å²) in [7, 11) is 3.75. The molecule has 1 fully saturated rings. The zero-order chi connectivity index (χ0) is 19.0. The van der Waals surface area contributed by atoms with Crippen molar-refractivity contribution in [3.8, 4) is 10.4 Å². The summed E-state index contributed by atoms with van der Waals surface area (Å²) in [6, 6.07) is 6.06. The van der Waals surface area contributed by atoms with Gasteiger partial charge in [-0.25, -0.2) is 4.98 Å². The van der Waals surface area contributed by atoms with E-state index in [1.165, 1.54) is 21.8 Å². The maximum absolute atomic E-state index is 13.1. The molecule has 2 heterocycles. The summed E-state index contributed by atoms with van der Waals surface area (Å²) < 4.78 is 5.30. The average molecular weight is 374 g/mol. The van der Waals surface area contributed by atoms with Gasteiger partial charge < -0.3 is 20.3 Å². The van der Waals surface area contributed by atoms with Gasteiger partial charge in [-0.3, -0.25) is 9.59 Å². The number of hydrogen-bond acceptors (Lipinski definition) is 6. The van der Waals surface area contributed by atoms with Gasteiger partial charge in [-0.15, -0.1) is 0 Å². The van der Waals surface area contributed by atoms with Gasteiger partial charge in [0, 0.05) is 20.6 Å². The van der Waals surface area contributed by atoms with Crippen LogP contribution in [-0.2, 0) is 9.53 Å². The third-order valence-corrected chi connectivity index (χ3v) is 5.64. The molecule has 0 spiro atoms. The van der Waals surface area contributed by atoms with Crippen LogP contribution < -0.4 is 10.6 Å². The number of aromatic nitrogens is 1. The van der Waals surface area contributed by atoms with Gasteiger partial charge in [0.25, 0.3) is 11.8 Å². The van der Waals surface area contributed by atoms with Crippen molar-refractivity contribution < 1.29 is 14.3 Å². The van der Waals surface area contributed by atoms with E-state index in [9.17, 15) is 9.59 Å². The van der Waals surface area contributed by atoms with Crippen LogP contribution in [0.3, 0.4) is 0 Å². The second-order valence-electron chi connectivity index (χ2n) is 6.49.